The van der Waals surface area contributed by atoms with E-state index >= 15 is 0 Å². The summed E-state index contributed by atoms with van der Waals surface area (Å²) in [5.74, 6) is 0.881. The van der Waals surface area contributed by atoms with E-state index in [1.54, 1.807) is 13.2 Å². The fourth-order valence-electron chi connectivity index (χ4n) is 3.77. The minimum atomic E-state index is -1.11. The van der Waals surface area contributed by atoms with Crippen molar-refractivity contribution in [1.82, 2.24) is 14.7 Å². The van der Waals surface area contributed by atoms with Crippen LogP contribution in [0.15, 0.2) is 48.5 Å². The predicted molar refractivity (Wildman–Crippen MR) is 121 cm³/mol. The summed E-state index contributed by atoms with van der Waals surface area (Å²) in [6, 6.07) is 16.0. The normalized spacial score (nSPS) is 14.2. The lowest BCUT2D eigenvalue weighted by Gasteiger charge is -2.26. The third kappa shape index (κ3) is 4.23. The van der Waals surface area contributed by atoms with Crippen molar-refractivity contribution >= 4 is 34.1 Å². The van der Waals surface area contributed by atoms with Crippen LogP contribution in [0.1, 0.15) is 18.2 Å². The van der Waals surface area contributed by atoms with E-state index in [4.69, 9.17) is 0 Å². The zero-order valence-corrected chi connectivity index (χ0v) is 18.1. The average molecular weight is 424 g/mol. The van der Waals surface area contributed by atoms with Crippen molar-refractivity contribution in [2.24, 2.45) is 7.05 Å². The first-order valence-corrected chi connectivity index (χ1v) is 11.3. The van der Waals surface area contributed by atoms with E-state index in [0.29, 0.717) is 6.54 Å². The second kappa shape index (κ2) is 8.31. The van der Waals surface area contributed by atoms with Gasteiger partial charge in [-0.2, -0.15) is 5.10 Å². The molecule has 1 aromatic heterocycles. The summed E-state index contributed by atoms with van der Waals surface area (Å²) in [6.07, 6.45) is 2.42. The highest BCUT2D eigenvalue weighted by atomic mass is 32.2. The Hall–Kier alpha value is -3.13. The van der Waals surface area contributed by atoms with Crippen molar-refractivity contribution in [1.29, 1.82) is 0 Å². The Kier molecular flexibility index (Phi) is 5.59. The van der Waals surface area contributed by atoms with E-state index in [1.165, 1.54) is 5.69 Å². The summed E-state index contributed by atoms with van der Waals surface area (Å²) in [5.41, 5.74) is 6.12. The highest BCUT2D eigenvalue weighted by Gasteiger charge is 2.25. The van der Waals surface area contributed by atoms with Crippen molar-refractivity contribution in [3.63, 3.8) is 0 Å². The molecule has 0 bridgehead atoms. The highest BCUT2D eigenvalue weighted by molar-refractivity contribution is 7.85. The fourth-order valence-corrected chi connectivity index (χ4v) is 4.23. The molecule has 0 saturated heterocycles. The van der Waals surface area contributed by atoms with E-state index in [-0.39, 0.29) is 5.91 Å². The Morgan fingerprint density at radius 3 is 2.57 bits per heavy atom. The van der Waals surface area contributed by atoms with Crippen LogP contribution in [0.25, 0.3) is 11.1 Å². The lowest BCUT2D eigenvalue weighted by atomic mass is 10.0. The maximum Gasteiger partial charge on any atom is 0.219 e. The third-order valence-corrected chi connectivity index (χ3v) is 5.82. The molecule has 1 aliphatic heterocycles. The van der Waals surface area contributed by atoms with Crippen LogP contribution in [0.5, 0.6) is 0 Å². The molecule has 1 atom stereocenters. The number of aromatic nitrogens is 2. The smallest absolute Gasteiger partial charge is 0.219 e. The minimum Gasteiger partial charge on any atom is -0.338 e. The van der Waals surface area contributed by atoms with Gasteiger partial charge in [-0.05, 0) is 35.4 Å². The van der Waals surface area contributed by atoms with Gasteiger partial charge in [-0.3, -0.25) is 9.48 Å². The standard InChI is InChI=1S/C22H25N5O2S/c1-15(28)27-12-11-21-20(14-27)22(24-26(21)2)23-18-9-7-16(8-10-18)17-5-4-6-19(13-17)25-30(3)29/h4-10,13,25H,11-12,14H2,1-3H3,(H,23,24). The third-order valence-electron chi connectivity index (χ3n) is 5.29. The molecule has 156 valence electrons. The number of fused-ring (bicyclic) bond motifs is 1. The number of benzene rings is 2. The Morgan fingerprint density at radius 1 is 1.10 bits per heavy atom. The zero-order valence-electron chi connectivity index (χ0n) is 17.3. The Balaban J connectivity index is 1.54. The molecule has 0 aliphatic carbocycles. The largest absolute Gasteiger partial charge is 0.338 e. The molecule has 2 N–H and O–H groups in total. The van der Waals surface area contributed by atoms with Crippen LogP contribution in [-0.2, 0) is 35.8 Å². The number of anilines is 3. The quantitative estimate of drug-likeness (QED) is 0.659. The van der Waals surface area contributed by atoms with Crippen LogP contribution < -0.4 is 10.0 Å². The van der Waals surface area contributed by atoms with E-state index in [2.05, 4.69) is 15.1 Å². The summed E-state index contributed by atoms with van der Waals surface area (Å²) in [5, 5.41) is 8.04. The number of rotatable bonds is 5. The van der Waals surface area contributed by atoms with Crippen LogP contribution in [0.3, 0.4) is 0 Å². The first kappa shape index (κ1) is 20.2. The Bertz CT molecular complexity index is 1110. The number of aryl methyl sites for hydroxylation is 1. The molecule has 0 spiro atoms. The highest BCUT2D eigenvalue weighted by Crippen LogP contribution is 2.29. The number of carbonyl (C=O) groups excluding carboxylic acids is 1. The number of nitrogens with one attached hydrogen (secondary N) is 2. The number of nitrogens with zero attached hydrogens (tertiary/aromatic N) is 3. The fraction of sp³-hybridized carbons (Fsp3) is 0.273. The van der Waals surface area contributed by atoms with Crippen molar-refractivity contribution in [2.45, 2.75) is 19.9 Å². The van der Waals surface area contributed by atoms with Gasteiger partial charge >= 0.3 is 0 Å². The summed E-state index contributed by atoms with van der Waals surface area (Å²) in [6.45, 7) is 2.92. The molecule has 8 heteroatoms. The molecule has 30 heavy (non-hydrogen) atoms. The van der Waals surface area contributed by atoms with Gasteiger partial charge in [0.25, 0.3) is 0 Å². The van der Waals surface area contributed by atoms with Gasteiger partial charge in [0, 0.05) is 55.8 Å². The Morgan fingerprint density at radius 2 is 1.87 bits per heavy atom. The molecular formula is C22H25N5O2S. The molecule has 7 nitrogen and oxygen atoms in total. The molecule has 1 aliphatic rings. The van der Waals surface area contributed by atoms with Gasteiger partial charge in [-0.25, -0.2) is 4.21 Å². The lowest BCUT2D eigenvalue weighted by molar-refractivity contribution is -0.129. The molecule has 1 unspecified atom stereocenters. The second-order valence-corrected chi connectivity index (χ2v) is 8.54. The number of hydrogen-bond acceptors (Lipinski definition) is 4. The molecule has 2 heterocycles. The van der Waals surface area contributed by atoms with Gasteiger partial charge in [0.1, 0.15) is 11.0 Å². The summed E-state index contributed by atoms with van der Waals surface area (Å²) in [7, 11) is 0.839. The van der Waals surface area contributed by atoms with E-state index in [0.717, 1.165) is 46.8 Å². The number of carbonyl (C=O) groups is 1. The zero-order chi connectivity index (χ0) is 21.3. The van der Waals surface area contributed by atoms with Crippen LogP contribution in [0, 0.1) is 0 Å². The molecule has 3 aromatic rings. The first-order valence-electron chi connectivity index (χ1n) is 9.78. The van der Waals surface area contributed by atoms with Gasteiger partial charge in [0.2, 0.25) is 5.91 Å². The van der Waals surface area contributed by atoms with Crippen molar-refractivity contribution in [2.75, 3.05) is 22.8 Å². The van der Waals surface area contributed by atoms with Crippen LogP contribution in [-0.4, -0.2) is 37.6 Å². The van der Waals surface area contributed by atoms with E-state index in [1.807, 2.05) is 65.2 Å². The van der Waals surface area contributed by atoms with Crippen molar-refractivity contribution in [3.8, 4) is 11.1 Å². The van der Waals surface area contributed by atoms with E-state index < -0.39 is 11.0 Å². The maximum absolute atomic E-state index is 11.8. The summed E-state index contributed by atoms with van der Waals surface area (Å²) >= 11 is 0. The molecule has 0 saturated carbocycles. The topological polar surface area (TPSA) is 79.3 Å². The second-order valence-electron chi connectivity index (χ2n) is 7.43. The van der Waals surface area contributed by atoms with Crippen LogP contribution >= 0.6 is 0 Å². The van der Waals surface area contributed by atoms with Crippen molar-refractivity contribution in [3.05, 3.63) is 59.8 Å². The average Bonchev–Trinajstić information content (AvgIpc) is 3.03. The molecule has 2 aromatic carbocycles. The summed E-state index contributed by atoms with van der Waals surface area (Å²) in [4.78, 5) is 13.6. The van der Waals surface area contributed by atoms with E-state index in [9.17, 15) is 9.00 Å². The van der Waals surface area contributed by atoms with Crippen LogP contribution in [0.4, 0.5) is 17.2 Å². The van der Waals surface area contributed by atoms with Crippen molar-refractivity contribution < 1.29 is 9.00 Å². The first-order chi connectivity index (χ1) is 14.4. The van der Waals surface area contributed by atoms with Gasteiger partial charge < -0.3 is 14.9 Å². The molecule has 0 radical (unpaired) electrons. The number of amides is 1. The maximum atomic E-state index is 11.8. The lowest BCUT2D eigenvalue weighted by Crippen LogP contribution is -2.34. The van der Waals surface area contributed by atoms with Gasteiger partial charge in [-0.15, -0.1) is 0 Å². The monoisotopic (exact) mass is 423 g/mol. The Labute approximate surface area is 178 Å². The molecule has 4 rings (SSSR count). The summed E-state index contributed by atoms with van der Waals surface area (Å²) < 4.78 is 16.2. The minimum absolute atomic E-state index is 0.0865. The molecular weight excluding hydrogens is 398 g/mol. The van der Waals surface area contributed by atoms with Gasteiger partial charge in [0.05, 0.1) is 6.54 Å². The van der Waals surface area contributed by atoms with Crippen LogP contribution in [0.2, 0.25) is 0 Å². The molecule has 0 fully saturated rings. The number of hydrogen-bond donors (Lipinski definition) is 2. The van der Waals surface area contributed by atoms with Gasteiger partial charge in [-0.1, -0.05) is 24.3 Å². The predicted octanol–water partition coefficient (Wildman–Crippen LogP) is 3.44. The SMILES string of the molecule is CC(=O)N1CCc2c(c(Nc3ccc(-c4cccc(NS(C)=O)c4)cc3)nn2C)C1. The molecule has 1 amide bonds. The van der Waals surface area contributed by atoms with Gasteiger partial charge in [0.15, 0.2) is 5.82 Å².